The molecule has 110 valence electrons. The second kappa shape index (κ2) is 5.23. The number of β-lactam (4-membered cyclic amide) rings is 1. The van der Waals surface area contributed by atoms with Gasteiger partial charge in [0.15, 0.2) is 0 Å². The molecule has 0 aromatic carbocycles. The lowest BCUT2D eigenvalue weighted by Crippen LogP contribution is -2.72. The van der Waals surface area contributed by atoms with E-state index in [0.29, 0.717) is 0 Å². The SMILES string of the molecule is CCN(CC)C1C(=O)N(C(C)(C)C)C1=NC(C)(C)C. The van der Waals surface area contributed by atoms with Crippen LogP contribution < -0.4 is 0 Å². The van der Waals surface area contributed by atoms with Crippen LogP contribution in [-0.4, -0.2) is 51.8 Å². The molecule has 0 spiro atoms. The number of aliphatic imine (C=N–C) groups is 1. The van der Waals surface area contributed by atoms with Crippen LogP contribution in [0.3, 0.4) is 0 Å². The molecule has 0 N–H and O–H groups in total. The predicted molar refractivity (Wildman–Crippen MR) is 80.5 cm³/mol. The van der Waals surface area contributed by atoms with Crippen molar-refractivity contribution in [1.82, 2.24) is 9.80 Å². The van der Waals surface area contributed by atoms with Gasteiger partial charge in [0.2, 0.25) is 0 Å². The summed E-state index contributed by atoms with van der Waals surface area (Å²) in [6.45, 7) is 18.3. The van der Waals surface area contributed by atoms with Crippen molar-refractivity contribution >= 4 is 11.7 Å². The highest BCUT2D eigenvalue weighted by atomic mass is 16.2. The summed E-state index contributed by atoms with van der Waals surface area (Å²) < 4.78 is 0. The zero-order chi connectivity index (χ0) is 15.0. The Morgan fingerprint density at radius 3 is 1.89 bits per heavy atom. The highest BCUT2D eigenvalue weighted by Gasteiger charge is 2.51. The molecule has 1 rings (SSSR count). The number of carbonyl (C=O) groups excluding carboxylic acids is 1. The quantitative estimate of drug-likeness (QED) is 0.737. The number of likely N-dealkylation sites (N-methyl/N-ethyl adjacent to an activating group) is 1. The zero-order valence-corrected chi connectivity index (χ0v) is 13.7. The molecule has 1 amide bonds. The molecule has 0 aromatic rings. The number of amidine groups is 1. The minimum absolute atomic E-state index is 0.159. The first kappa shape index (κ1) is 16.2. The van der Waals surface area contributed by atoms with Crippen molar-refractivity contribution in [3.8, 4) is 0 Å². The van der Waals surface area contributed by atoms with Crippen LogP contribution in [0.5, 0.6) is 0 Å². The summed E-state index contributed by atoms with van der Waals surface area (Å²) in [5, 5.41) is 0. The summed E-state index contributed by atoms with van der Waals surface area (Å²) in [7, 11) is 0. The molecule has 1 aliphatic rings. The Kier molecular flexibility index (Phi) is 4.45. The maximum absolute atomic E-state index is 12.5. The van der Waals surface area contributed by atoms with Crippen molar-refractivity contribution in [2.24, 2.45) is 4.99 Å². The maximum atomic E-state index is 12.5. The third kappa shape index (κ3) is 3.35. The van der Waals surface area contributed by atoms with Crippen molar-refractivity contribution in [1.29, 1.82) is 0 Å². The Morgan fingerprint density at radius 1 is 1.11 bits per heavy atom. The Balaban J connectivity index is 3.15. The fourth-order valence-corrected chi connectivity index (χ4v) is 2.44. The van der Waals surface area contributed by atoms with Crippen molar-refractivity contribution in [3.63, 3.8) is 0 Å². The first-order chi connectivity index (χ1) is 8.53. The van der Waals surface area contributed by atoms with E-state index in [4.69, 9.17) is 4.99 Å². The van der Waals surface area contributed by atoms with Gasteiger partial charge in [-0.05, 0) is 54.6 Å². The monoisotopic (exact) mass is 267 g/mol. The molecule has 1 aliphatic heterocycles. The van der Waals surface area contributed by atoms with E-state index in [9.17, 15) is 4.79 Å². The molecule has 1 atom stereocenters. The summed E-state index contributed by atoms with van der Waals surface area (Å²) >= 11 is 0. The van der Waals surface area contributed by atoms with E-state index in [1.54, 1.807) is 0 Å². The molecule has 1 fully saturated rings. The number of rotatable bonds is 3. The zero-order valence-electron chi connectivity index (χ0n) is 13.7. The summed E-state index contributed by atoms with van der Waals surface area (Å²) in [6, 6.07) is -0.159. The molecule has 0 aliphatic carbocycles. The number of hydrogen-bond acceptors (Lipinski definition) is 3. The van der Waals surface area contributed by atoms with Crippen molar-refractivity contribution in [3.05, 3.63) is 0 Å². The van der Waals surface area contributed by atoms with Crippen LogP contribution in [-0.2, 0) is 4.79 Å². The summed E-state index contributed by atoms with van der Waals surface area (Å²) in [5.41, 5.74) is -0.365. The number of likely N-dealkylation sites (tertiary alicyclic amines) is 1. The Hall–Kier alpha value is -0.900. The summed E-state index contributed by atoms with van der Waals surface area (Å²) in [6.07, 6.45) is 0. The lowest BCUT2D eigenvalue weighted by Gasteiger charge is -2.51. The number of nitrogens with zero attached hydrogens (tertiary/aromatic N) is 3. The number of carbonyl (C=O) groups is 1. The standard InChI is InChI=1S/C15H29N3O/c1-9-17(10-2)11-12(16-14(3,4)5)18(13(11)19)15(6,7)8/h11H,9-10H2,1-8H3. The minimum Gasteiger partial charge on any atom is -0.292 e. The Labute approximate surface area is 117 Å². The lowest BCUT2D eigenvalue weighted by atomic mass is 9.93. The van der Waals surface area contributed by atoms with Gasteiger partial charge >= 0.3 is 0 Å². The summed E-state index contributed by atoms with van der Waals surface area (Å²) in [4.78, 5) is 21.3. The van der Waals surface area contributed by atoms with Crippen LogP contribution in [0.15, 0.2) is 4.99 Å². The van der Waals surface area contributed by atoms with E-state index in [1.165, 1.54) is 0 Å². The first-order valence-corrected chi connectivity index (χ1v) is 7.20. The molecule has 0 saturated carbocycles. The average Bonchev–Trinajstić information content (AvgIpc) is 2.20. The van der Waals surface area contributed by atoms with Gasteiger partial charge in [-0.25, -0.2) is 0 Å². The van der Waals surface area contributed by atoms with Crippen LogP contribution in [0.25, 0.3) is 0 Å². The second-order valence-electron chi connectivity index (χ2n) is 7.11. The molecular weight excluding hydrogens is 238 g/mol. The van der Waals surface area contributed by atoms with E-state index >= 15 is 0 Å². The third-order valence-electron chi connectivity index (χ3n) is 3.23. The van der Waals surface area contributed by atoms with E-state index < -0.39 is 0 Å². The largest absolute Gasteiger partial charge is 0.292 e. The molecule has 0 bridgehead atoms. The molecular formula is C15H29N3O. The lowest BCUT2D eigenvalue weighted by molar-refractivity contribution is -0.140. The van der Waals surface area contributed by atoms with Gasteiger partial charge < -0.3 is 0 Å². The highest BCUT2D eigenvalue weighted by Crippen LogP contribution is 2.30. The smallest absolute Gasteiger partial charge is 0.253 e. The van der Waals surface area contributed by atoms with E-state index in [1.807, 2.05) is 4.90 Å². The number of hydrogen-bond donors (Lipinski definition) is 0. The first-order valence-electron chi connectivity index (χ1n) is 7.20. The molecule has 4 heteroatoms. The van der Waals surface area contributed by atoms with Gasteiger partial charge in [0, 0.05) is 5.54 Å². The van der Waals surface area contributed by atoms with Gasteiger partial charge in [-0.1, -0.05) is 13.8 Å². The van der Waals surface area contributed by atoms with Gasteiger partial charge in [-0.15, -0.1) is 0 Å². The molecule has 0 radical (unpaired) electrons. The average molecular weight is 267 g/mol. The van der Waals surface area contributed by atoms with E-state index in [2.05, 4.69) is 60.3 Å². The topological polar surface area (TPSA) is 35.9 Å². The van der Waals surface area contributed by atoms with Crippen molar-refractivity contribution in [2.75, 3.05) is 13.1 Å². The van der Waals surface area contributed by atoms with E-state index in [0.717, 1.165) is 18.9 Å². The van der Waals surface area contributed by atoms with Gasteiger partial charge in [0.05, 0.1) is 5.54 Å². The van der Waals surface area contributed by atoms with Crippen LogP contribution in [0.1, 0.15) is 55.4 Å². The van der Waals surface area contributed by atoms with Gasteiger partial charge in [-0.3, -0.25) is 19.6 Å². The maximum Gasteiger partial charge on any atom is 0.253 e. The minimum atomic E-state index is -0.204. The van der Waals surface area contributed by atoms with Gasteiger partial charge in [0.1, 0.15) is 11.9 Å². The molecule has 0 aromatic heterocycles. The Morgan fingerprint density at radius 2 is 1.58 bits per heavy atom. The molecule has 19 heavy (non-hydrogen) atoms. The second-order valence-corrected chi connectivity index (χ2v) is 7.11. The van der Waals surface area contributed by atoms with E-state index in [-0.39, 0.29) is 23.0 Å². The van der Waals surface area contributed by atoms with Crippen LogP contribution in [0, 0.1) is 0 Å². The molecule has 1 saturated heterocycles. The number of amides is 1. The van der Waals surface area contributed by atoms with Gasteiger partial charge in [0.25, 0.3) is 5.91 Å². The summed E-state index contributed by atoms with van der Waals surface area (Å²) in [5.74, 6) is 1.10. The predicted octanol–water partition coefficient (Wildman–Crippen LogP) is 2.53. The molecule has 1 unspecified atom stereocenters. The highest BCUT2D eigenvalue weighted by molar-refractivity contribution is 6.24. The van der Waals surface area contributed by atoms with Crippen molar-refractivity contribution < 1.29 is 4.79 Å². The third-order valence-corrected chi connectivity index (χ3v) is 3.23. The van der Waals surface area contributed by atoms with Gasteiger partial charge in [-0.2, -0.15) is 0 Å². The molecule has 4 nitrogen and oxygen atoms in total. The normalized spacial score (nSPS) is 23.2. The van der Waals surface area contributed by atoms with Crippen LogP contribution in [0.2, 0.25) is 0 Å². The Bertz CT molecular complexity index is 370. The fraction of sp³-hybridized carbons (Fsp3) is 0.867. The molecule has 1 heterocycles. The van der Waals surface area contributed by atoms with Crippen LogP contribution in [0.4, 0.5) is 0 Å². The fourth-order valence-electron chi connectivity index (χ4n) is 2.44. The van der Waals surface area contributed by atoms with Crippen molar-refractivity contribution in [2.45, 2.75) is 72.5 Å². The van der Waals surface area contributed by atoms with Crippen LogP contribution >= 0.6 is 0 Å².